The average molecular weight is 257 g/mol. The van der Waals surface area contributed by atoms with E-state index in [9.17, 15) is 4.79 Å². The molecule has 0 unspecified atom stereocenters. The van der Waals surface area contributed by atoms with Crippen molar-refractivity contribution in [3.8, 4) is 0 Å². The molecule has 0 radical (unpaired) electrons. The van der Waals surface area contributed by atoms with Gasteiger partial charge in [0.05, 0.1) is 0 Å². The van der Waals surface area contributed by atoms with Gasteiger partial charge in [0.25, 0.3) is 0 Å². The lowest BCUT2D eigenvalue weighted by Crippen LogP contribution is -2.34. The standard InChI is InChI=1S/C15H31NO2/c1-6-9-15(5,10-7-2)11-13(8-3)18-14(17)12(4)16/h12-13H,6-11,16H2,1-5H3/t12-,13-/m0/s1. The highest BCUT2D eigenvalue weighted by Crippen LogP contribution is 2.35. The molecule has 0 aliphatic rings. The Hall–Kier alpha value is -0.570. The Bertz CT molecular complexity index is 233. The number of esters is 1. The fraction of sp³-hybridized carbons (Fsp3) is 0.933. The third-order valence-corrected chi connectivity index (χ3v) is 3.54. The minimum absolute atomic E-state index is 0.00611. The van der Waals surface area contributed by atoms with Crippen molar-refractivity contribution in [2.75, 3.05) is 0 Å². The molecule has 0 bridgehead atoms. The van der Waals surface area contributed by atoms with Gasteiger partial charge < -0.3 is 10.5 Å². The van der Waals surface area contributed by atoms with Crippen molar-refractivity contribution in [3.63, 3.8) is 0 Å². The summed E-state index contributed by atoms with van der Waals surface area (Å²) >= 11 is 0. The Morgan fingerprint density at radius 2 is 1.72 bits per heavy atom. The highest BCUT2D eigenvalue weighted by molar-refractivity contribution is 5.75. The molecule has 108 valence electrons. The van der Waals surface area contributed by atoms with E-state index in [2.05, 4.69) is 27.7 Å². The molecule has 0 fully saturated rings. The fourth-order valence-electron chi connectivity index (χ4n) is 2.63. The summed E-state index contributed by atoms with van der Waals surface area (Å²) in [5, 5.41) is 0. The van der Waals surface area contributed by atoms with Crippen LogP contribution in [0.5, 0.6) is 0 Å². The van der Waals surface area contributed by atoms with Gasteiger partial charge in [0, 0.05) is 0 Å². The van der Waals surface area contributed by atoms with Gasteiger partial charge >= 0.3 is 5.97 Å². The third kappa shape index (κ3) is 6.39. The summed E-state index contributed by atoms with van der Waals surface area (Å²) in [5.41, 5.74) is 5.83. The van der Waals surface area contributed by atoms with Gasteiger partial charge in [0.1, 0.15) is 12.1 Å². The van der Waals surface area contributed by atoms with Gasteiger partial charge in [-0.3, -0.25) is 4.79 Å². The summed E-state index contributed by atoms with van der Waals surface area (Å²) in [4.78, 5) is 11.6. The summed E-state index contributed by atoms with van der Waals surface area (Å²) in [6.07, 6.45) is 6.54. The molecule has 0 heterocycles. The van der Waals surface area contributed by atoms with E-state index in [4.69, 9.17) is 10.5 Å². The maximum absolute atomic E-state index is 11.6. The maximum Gasteiger partial charge on any atom is 0.322 e. The summed E-state index contributed by atoms with van der Waals surface area (Å²) in [7, 11) is 0. The van der Waals surface area contributed by atoms with Gasteiger partial charge in [0.15, 0.2) is 0 Å². The Balaban J connectivity index is 4.51. The first kappa shape index (κ1) is 17.4. The van der Waals surface area contributed by atoms with E-state index in [1.165, 1.54) is 25.7 Å². The van der Waals surface area contributed by atoms with Gasteiger partial charge in [0.2, 0.25) is 0 Å². The van der Waals surface area contributed by atoms with Crippen molar-refractivity contribution in [3.05, 3.63) is 0 Å². The van der Waals surface area contributed by atoms with E-state index in [1.807, 2.05) is 0 Å². The fourth-order valence-corrected chi connectivity index (χ4v) is 2.63. The number of ether oxygens (including phenoxy) is 1. The van der Waals surface area contributed by atoms with Crippen LogP contribution >= 0.6 is 0 Å². The molecular weight excluding hydrogens is 226 g/mol. The SMILES string of the molecule is CCCC(C)(CCC)C[C@H](CC)OC(=O)[C@H](C)N. The minimum Gasteiger partial charge on any atom is -0.461 e. The lowest BCUT2D eigenvalue weighted by atomic mass is 9.76. The Labute approximate surface area is 112 Å². The largest absolute Gasteiger partial charge is 0.461 e. The van der Waals surface area contributed by atoms with Crippen LogP contribution in [0, 0.1) is 5.41 Å². The predicted octanol–water partition coefficient (Wildman–Crippen LogP) is 3.65. The van der Waals surface area contributed by atoms with Crippen molar-refractivity contribution in [2.24, 2.45) is 11.1 Å². The molecule has 3 nitrogen and oxygen atoms in total. The molecule has 3 heteroatoms. The van der Waals surface area contributed by atoms with Crippen LogP contribution in [0.15, 0.2) is 0 Å². The van der Waals surface area contributed by atoms with Crippen LogP contribution in [0.25, 0.3) is 0 Å². The first-order valence-corrected chi connectivity index (χ1v) is 7.34. The summed E-state index contributed by atoms with van der Waals surface area (Å²) in [5.74, 6) is -0.280. The van der Waals surface area contributed by atoms with Crippen LogP contribution in [-0.2, 0) is 9.53 Å². The Morgan fingerprint density at radius 1 is 1.22 bits per heavy atom. The normalized spacial score (nSPS) is 15.2. The van der Waals surface area contributed by atoms with Gasteiger partial charge in [-0.05, 0) is 38.0 Å². The molecule has 0 saturated heterocycles. The number of rotatable bonds is 9. The Kier molecular flexibility index (Phi) is 8.25. The van der Waals surface area contributed by atoms with Crippen LogP contribution in [0.1, 0.15) is 73.1 Å². The topological polar surface area (TPSA) is 52.3 Å². The number of hydrogen-bond acceptors (Lipinski definition) is 3. The molecule has 0 aliphatic heterocycles. The van der Waals surface area contributed by atoms with Crippen molar-refractivity contribution < 1.29 is 9.53 Å². The molecule has 0 amide bonds. The second-order valence-corrected chi connectivity index (χ2v) is 5.77. The van der Waals surface area contributed by atoms with Crippen LogP contribution in [0.3, 0.4) is 0 Å². The first-order chi connectivity index (χ1) is 8.38. The van der Waals surface area contributed by atoms with Crippen LogP contribution < -0.4 is 5.73 Å². The number of carbonyl (C=O) groups excluding carboxylic acids is 1. The molecule has 18 heavy (non-hydrogen) atoms. The summed E-state index contributed by atoms with van der Waals surface area (Å²) in [6, 6.07) is -0.525. The second-order valence-electron chi connectivity index (χ2n) is 5.77. The quantitative estimate of drug-likeness (QED) is 0.641. The zero-order chi connectivity index (χ0) is 14.2. The van der Waals surface area contributed by atoms with E-state index in [1.54, 1.807) is 6.92 Å². The van der Waals surface area contributed by atoms with Crippen molar-refractivity contribution in [2.45, 2.75) is 85.3 Å². The zero-order valence-electron chi connectivity index (χ0n) is 12.8. The zero-order valence-corrected chi connectivity index (χ0v) is 12.8. The highest BCUT2D eigenvalue weighted by atomic mass is 16.5. The number of nitrogens with two attached hydrogens (primary N) is 1. The van der Waals surface area contributed by atoms with Gasteiger partial charge in [-0.25, -0.2) is 0 Å². The van der Waals surface area contributed by atoms with E-state index in [0.29, 0.717) is 0 Å². The number of hydrogen-bond donors (Lipinski definition) is 1. The smallest absolute Gasteiger partial charge is 0.322 e. The van der Waals surface area contributed by atoms with Crippen LogP contribution in [0.2, 0.25) is 0 Å². The lowest BCUT2D eigenvalue weighted by molar-refractivity contribution is -0.152. The minimum atomic E-state index is -0.525. The molecule has 0 aromatic carbocycles. The van der Waals surface area contributed by atoms with E-state index in [0.717, 1.165) is 12.8 Å². The molecule has 0 rings (SSSR count). The van der Waals surface area contributed by atoms with Crippen LogP contribution in [-0.4, -0.2) is 18.1 Å². The van der Waals surface area contributed by atoms with E-state index in [-0.39, 0.29) is 17.5 Å². The molecule has 0 spiro atoms. The molecule has 2 atom stereocenters. The highest BCUT2D eigenvalue weighted by Gasteiger charge is 2.28. The van der Waals surface area contributed by atoms with Gasteiger partial charge in [-0.2, -0.15) is 0 Å². The van der Waals surface area contributed by atoms with Gasteiger partial charge in [-0.1, -0.05) is 40.5 Å². The van der Waals surface area contributed by atoms with Crippen molar-refractivity contribution >= 4 is 5.97 Å². The van der Waals surface area contributed by atoms with E-state index < -0.39 is 6.04 Å². The van der Waals surface area contributed by atoms with Crippen LogP contribution in [0.4, 0.5) is 0 Å². The average Bonchev–Trinajstić information content (AvgIpc) is 2.28. The number of carbonyl (C=O) groups is 1. The molecule has 0 aromatic heterocycles. The monoisotopic (exact) mass is 257 g/mol. The van der Waals surface area contributed by atoms with Gasteiger partial charge in [-0.15, -0.1) is 0 Å². The maximum atomic E-state index is 11.6. The lowest BCUT2D eigenvalue weighted by Gasteiger charge is -2.33. The molecule has 0 saturated carbocycles. The first-order valence-electron chi connectivity index (χ1n) is 7.34. The summed E-state index contributed by atoms with van der Waals surface area (Å²) in [6.45, 7) is 10.5. The van der Waals surface area contributed by atoms with E-state index >= 15 is 0 Å². The second kappa shape index (κ2) is 8.52. The third-order valence-electron chi connectivity index (χ3n) is 3.54. The molecule has 2 N–H and O–H groups in total. The molecule has 0 aromatic rings. The Morgan fingerprint density at radius 3 is 2.06 bits per heavy atom. The van der Waals surface area contributed by atoms with Crippen molar-refractivity contribution in [1.29, 1.82) is 0 Å². The van der Waals surface area contributed by atoms with Crippen molar-refractivity contribution in [1.82, 2.24) is 0 Å². The molecule has 0 aliphatic carbocycles. The molecular formula is C15H31NO2. The predicted molar refractivity (Wildman–Crippen MR) is 76.4 cm³/mol. The summed E-state index contributed by atoms with van der Waals surface area (Å²) < 4.78 is 5.49.